The second kappa shape index (κ2) is 8.66. The zero-order chi connectivity index (χ0) is 14.4. The first-order valence-corrected chi connectivity index (χ1v) is 7.64. The quantitative estimate of drug-likeness (QED) is 0.456. The van der Waals surface area contributed by atoms with E-state index in [2.05, 4.69) is 36.4 Å². The summed E-state index contributed by atoms with van der Waals surface area (Å²) in [6.45, 7) is 7.22. The van der Waals surface area contributed by atoms with Crippen LogP contribution in [-0.2, 0) is 6.42 Å². The molecule has 21 heavy (non-hydrogen) atoms. The molecule has 0 amide bonds. The molecular weight excluding hydrogens is 377 g/mol. The summed E-state index contributed by atoms with van der Waals surface area (Å²) >= 11 is 0. The monoisotopic (exact) mass is 405 g/mol. The van der Waals surface area contributed by atoms with Gasteiger partial charge in [-0.05, 0) is 45.7 Å². The molecule has 0 atom stereocenters. The number of furan rings is 1. The van der Waals surface area contributed by atoms with Crippen LogP contribution >= 0.6 is 24.0 Å². The van der Waals surface area contributed by atoms with Crippen LogP contribution in [0.15, 0.2) is 27.8 Å². The standard InChI is InChI=1S/C16H27N3O.HI/c1-16(2,3)19-15(18-13-7-4-5-8-13)17-11-10-14-9-6-12-20-14;/h6,9,12-13H,4-5,7-8,10-11H2,1-3H3,(H2,17,18,19);1H. The second-order valence-electron chi connectivity index (χ2n) is 6.56. The third-order valence-corrected chi connectivity index (χ3v) is 3.40. The molecule has 0 aliphatic heterocycles. The van der Waals surface area contributed by atoms with Crippen molar-refractivity contribution < 1.29 is 4.42 Å². The first-order valence-electron chi connectivity index (χ1n) is 7.64. The summed E-state index contributed by atoms with van der Waals surface area (Å²) < 4.78 is 5.34. The average Bonchev–Trinajstić information content (AvgIpc) is 2.99. The molecule has 0 saturated heterocycles. The molecule has 1 heterocycles. The van der Waals surface area contributed by atoms with Crippen LogP contribution < -0.4 is 10.6 Å². The summed E-state index contributed by atoms with van der Waals surface area (Å²) in [7, 11) is 0. The van der Waals surface area contributed by atoms with E-state index in [0.29, 0.717) is 6.04 Å². The summed E-state index contributed by atoms with van der Waals surface area (Å²) in [5.41, 5.74) is 0.0229. The SMILES string of the molecule is CC(C)(C)NC(=NCCc1ccco1)NC1CCCC1.I. The van der Waals surface area contributed by atoms with E-state index in [0.717, 1.165) is 24.7 Å². The van der Waals surface area contributed by atoms with Gasteiger partial charge in [0.05, 0.1) is 6.26 Å². The largest absolute Gasteiger partial charge is 0.469 e. The van der Waals surface area contributed by atoms with E-state index in [9.17, 15) is 0 Å². The highest BCUT2D eigenvalue weighted by atomic mass is 127. The number of guanidine groups is 1. The third-order valence-electron chi connectivity index (χ3n) is 3.40. The molecule has 1 aliphatic rings. The maximum Gasteiger partial charge on any atom is 0.191 e. The van der Waals surface area contributed by atoms with E-state index in [1.54, 1.807) is 6.26 Å². The summed E-state index contributed by atoms with van der Waals surface area (Å²) in [6, 6.07) is 4.49. The maximum atomic E-state index is 5.34. The Hall–Kier alpha value is -0.720. The summed E-state index contributed by atoms with van der Waals surface area (Å²) in [6.07, 6.45) is 7.71. The van der Waals surface area contributed by atoms with Gasteiger partial charge in [0.2, 0.25) is 0 Å². The summed E-state index contributed by atoms with van der Waals surface area (Å²) in [5, 5.41) is 7.03. The minimum atomic E-state index is 0. The first-order chi connectivity index (χ1) is 9.53. The molecule has 0 unspecified atom stereocenters. The molecule has 1 aromatic heterocycles. The van der Waals surface area contributed by atoms with Crippen molar-refractivity contribution in [3.63, 3.8) is 0 Å². The molecule has 1 fully saturated rings. The average molecular weight is 405 g/mol. The Kier molecular flexibility index (Phi) is 7.56. The molecule has 120 valence electrons. The molecule has 0 aromatic carbocycles. The second-order valence-corrected chi connectivity index (χ2v) is 6.56. The van der Waals surface area contributed by atoms with Gasteiger partial charge in [-0.2, -0.15) is 0 Å². The molecule has 5 heteroatoms. The van der Waals surface area contributed by atoms with Crippen LogP contribution in [0.25, 0.3) is 0 Å². The number of hydrogen-bond acceptors (Lipinski definition) is 2. The highest BCUT2D eigenvalue weighted by Crippen LogP contribution is 2.17. The van der Waals surface area contributed by atoms with Crippen LogP contribution in [0.4, 0.5) is 0 Å². The minimum Gasteiger partial charge on any atom is -0.469 e. The molecule has 2 N–H and O–H groups in total. The van der Waals surface area contributed by atoms with Crippen molar-refractivity contribution in [2.75, 3.05) is 6.54 Å². The number of hydrogen-bond donors (Lipinski definition) is 2. The van der Waals surface area contributed by atoms with Crippen molar-refractivity contribution in [2.45, 2.75) is 64.5 Å². The van der Waals surface area contributed by atoms with Crippen LogP contribution in [0.5, 0.6) is 0 Å². The lowest BCUT2D eigenvalue weighted by Crippen LogP contribution is -2.50. The minimum absolute atomic E-state index is 0. The van der Waals surface area contributed by atoms with Crippen molar-refractivity contribution in [3.05, 3.63) is 24.2 Å². The fourth-order valence-electron chi connectivity index (χ4n) is 2.47. The van der Waals surface area contributed by atoms with Gasteiger partial charge in [-0.15, -0.1) is 24.0 Å². The summed E-state index contributed by atoms with van der Waals surface area (Å²) in [5.74, 6) is 1.92. The van der Waals surface area contributed by atoms with Crippen molar-refractivity contribution in [3.8, 4) is 0 Å². The van der Waals surface area contributed by atoms with Gasteiger partial charge in [-0.1, -0.05) is 12.8 Å². The zero-order valence-electron chi connectivity index (χ0n) is 13.3. The Morgan fingerprint density at radius 3 is 2.62 bits per heavy atom. The lowest BCUT2D eigenvalue weighted by Gasteiger charge is -2.26. The van der Waals surface area contributed by atoms with Crippen LogP contribution in [0, 0.1) is 0 Å². The van der Waals surface area contributed by atoms with E-state index in [1.807, 2.05) is 12.1 Å². The Morgan fingerprint density at radius 1 is 1.33 bits per heavy atom. The lowest BCUT2D eigenvalue weighted by atomic mass is 10.1. The van der Waals surface area contributed by atoms with Gasteiger partial charge in [-0.3, -0.25) is 4.99 Å². The van der Waals surface area contributed by atoms with Crippen LogP contribution in [0.2, 0.25) is 0 Å². The topological polar surface area (TPSA) is 49.6 Å². The molecule has 1 aromatic rings. The van der Waals surface area contributed by atoms with Gasteiger partial charge in [0.25, 0.3) is 0 Å². The number of rotatable bonds is 4. The van der Waals surface area contributed by atoms with Crippen LogP contribution in [0.1, 0.15) is 52.2 Å². The lowest BCUT2D eigenvalue weighted by molar-refractivity contribution is 0.488. The molecule has 0 spiro atoms. The van der Waals surface area contributed by atoms with Gasteiger partial charge < -0.3 is 15.1 Å². The predicted octanol–water partition coefficient (Wildman–Crippen LogP) is 3.72. The van der Waals surface area contributed by atoms with Gasteiger partial charge in [0, 0.05) is 24.5 Å². The van der Waals surface area contributed by atoms with E-state index >= 15 is 0 Å². The number of nitrogens with one attached hydrogen (secondary N) is 2. The van der Waals surface area contributed by atoms with Crippen LogP contribution in [-0.4, -0.2) is 24.1 Å². The smallest absolute Gasteiger partial charge is 0.191 e. The van der Waals surface area contributed by atoms with Crippen molar-refractivity contribution in [1.29, 1.82) is 0 Å². The molecule has 1 saturated carbocycles. The Bertz CT molecular complexity index is 417. The Morgan fingerprint density at radius 2 is 2.05 bits per heavy atom. The third kappa shape index (κ3) is 7.20. The van der Waals surface area contributed by atoms with Crippen molar-refractivity contribution in [1.82, 2.24) is 10.6 Å². The first kappa shape index (κ1) is 18.3. The predicted molar refractivity (Wildman–Crippen MR) is 98.4 cm³/mol. The van der Waals surface area contributed by atoms with Gasteiger partial charge >= 0.3 is 0 Å². The molecule has 0 bridgehead atoms. The van der Waals surface area contributed by atoms with E-state index in [4.69, 9.17) is 4.42 Å². The summed E-state index contributed by atoms with van der Waals surface area (Å²) in [4.78, 5) is 4.68. The van der Waals surface area contributed by atoms with Crippen LogP contribution in [0.3, 0.4) is 0 Å². The number of halogens is 1. The highest BCUT2D eigenvalue weighted by molar-refractivity contribution is 14.0. The van der Waals surface area contributed by atoms with Gasteiger partial charge in [-0.25, -0.2) is 0 Å². The number of aliphatic imine (C=N–C) groups is 1. The van der Waals surface area contributed by atoms with Gasteiger partial charge in [0.15, 0.2) is 5.96 Å². The van der Waals surface area contributed by atoms with Crippen molar-refractivity contribution in [2.24, 2.45) is 4.99 Å². The van der Waals surface area contributed by atoms with Crippen molar-refractivity contribution >= 4 is 29.9 Å². The molecule has 0 radical (unpaired) electrons. The fourth-order valence-corrected chi connectivity index (χ4v) is 2.47. The fraction of sp³-hybridized carbons (Fsp3) is 0.688. The van der Waals surface area contributed by atoms with E-state index in [1.165, 1.54) is 25.7 Å². The van der Waals surface area contributed by atoms with E-state index < -0.39 is 0 Å². The molecular formula is C16H28IN3O. The zero-order valence-corrected chi connectivity index (χ0v) is 15.6. The molecule has 2 rings (SSSR count). The maximum absolute atomic E-state index is 5.34. The normalized spacial score (nSPS) is 16.6. The van der Waals surface area contributed by atoms with Gasteiger partial charge in [0.1, 0.15) is 5.76 Å². The highest BCUT2D eigenvalue weighted by Gasteiger charge is 2.18. The Labute approximate surface area is 145 Å². The molecule has 4 nitrogen and oxygen atoms in total. The molecule has 1 aliphatic carbocycles. The number of nitrogens with zero attached hydrogens (tertiary/aromatic N) is 1. The van der Waals surface area contributed by atoms with E-state index in [-0.39, 0.29) is 29.5 Å². The Balaban J connectivity index is 0.00000220.